The Morgan fingerprint density at radius 2 is 1.50 bits per heavy atom. The van der Waals surface area contributed by atoms with E-state index >= 15 is 0 Å². The second kappa shape index (κ2) is 10.4. The number of amides is 2. The van der Waals surface area contributed by atoms with E-state index in [1.807, 2.05) is 98.9 Å². The van der Waals surface area contributed by atoms with Crippen LogP contribution in [-0.4, -0.2) is 42.7 Å². The van der Waals surface area contributed by atoms with E-state index in [4.69, 9.17) is 9.47 Å². The van der Waals surface area contributed by atoms with Crippen molar-refractivity contribution in [2.24, 2.45) is 5.92 Å². The van der Waals surface area contributed by atoms with Gasteiger partial charge in [-0.15, -0.1) is 0 Å². The molecule has 3 aliphatic rings. The normalized spacial score (nSPS) is 24.2. The molecule has 0 aromatic heterocycles. The van der Waals surface area contributed by atoms with Gasteiger partial charge < -0.3 is 19.4 Å². The van der Waals surface area contributed by atoms with Crippen LogP contribution in [0.5, 0.6) is 11.5 Å². The zero-order valence-corrected chi connectivity index (χ0v) is 25.8. The Morgan fingerprint density at radius 1 is 0.818 bits per heavy atom. The molecular weight excluding hydrogens is 572 g/mol. The molecule has 8 nitrogen and oxygen atoms in total. The number of aliphatic hydroxyl groups excluding tert-OH is 1. The van der Waals surface area contributed by atoms with Crippen LogP contribution in [0.2, 0.25) is 18.6 Å². The maximum Gasteiger partial charge on any atom is 0.268 e. The van der Waals surface area contributed by atoms with E-state index in [0.717, 1.165) is 0 Å². The number of anilines is 4. The number of hydrogen-bond acceptors (Lipinski definition) is 6. The number of benzene rings is 4. The summed E-state index contributed by atoms with van der Waals surface area (Å²) in [5, 5.41) is 9.96. The molecule has 0 unspecified atom stereocenters. The van der Waals surface area contributed by atoms with Crippen LogP contribution in [0, 0.1) is 5.92 Å². The van der Waals surface area contributed by atoms with Crippen LogP contribution in [0.1, 0.15) is 29.3 Å². The van der Waals surface area contributed by atoms with Crippen molar-refractivity contribution in [3.05, 3.63) is 108 Å². The lowest BCUT2D eigenvalue weighted by Gasteiger charge is -2.32. The highest BCUT2D eigenvalue weighted by Crippen LogP contribution is 2.61. The first kappa shape index (κ1) is 28.5. The molecule has 4 aromatic rings. The molecule has 0 saturated carbocycles. The molecule has 0 radical (unpaired) electrons. The summed E-state index contributed by atoms with van der Waals surface area (Å²) in [5.41, 5.74) is 1.79. The van der Waals surface area contributed by atoms with Crippen molar-refractivity contribution in [1.82, 2.24) is 0 Å². The Balaban J connectivity index is 1.45. The topological polar surface area (TPSA) is 99.5 Å². The smallest absolute Gasteiger partial charge is 0.268 e. The van der Waals surface area contributed by atoms with Crippen molar-refractivity contribution in [2.45, 2.75) is 43.7 Å². The summed E-state index contributed by atoms with van der Waals surface area (Å²) in [6.07, 6.45) is -0.216. The van der Waals surface area contributed by atoms with Crippen LogP contribution in [0.3, 0.4) is 0 Å². The van der Waals surface area contributed by atoms with Crippen molar-refractivity contribution in [1.29, 1.82) is 0 Å². The molecule has 4 atom stereocenters. The monoisotopic (exact) mass is 606 g/mol. The van der Waals surface area contributed by atoms with Crippen LogP contribution < -0.4 is 14.5 Å². The largest absolute Gasteiger partial charge is 0.454 e. The van der Waals surface area contributed by atoms with E-state index in [0.29, 0.717) is 51.8 Å². The number of rotatable bonds is 5. The van der Waals surface area contributed by atoms with Gasteiger partial charge in [-0.1, -0.05) is 49.4 Å². The first-order valence-electron chi connectivity index (χ1n) is 14.9. The summed E-state index contributed by atoms with van der Waals surface area (Å²) in [5.74, 6) is 0.0854. The second-order valence-electron chi connectivity index (χ2n) is 12.3. The number of carbonyl (C=O) groups excluding carboxylic acids is 2. The number of para-hydroxylation sites is 4. The number of fused-ring (bicyclic) bond motifs is 4. The summed E-state index contributed by atoms with van der Waals surface area (Å²) in [7, 11) is -2.87. The average molecular weight is 607 g/mol. The predicted octanol–water partition coefficient (Wildman–Crippen LogP) is 6.63. The van der Waals surface area contributed by atoms with E-state index < -0.39 is 25.9 Å². The maximum atomic E-state index is 14.8. The second-order valence-corrected chi connectivity index (χ2v) is 16.2. The molecule has 224 valence electrons. The van der Waals surface area contributed by atoms with Crippen LogP contribution in [0.15, 0.2) is 97.1 Å². The standard InChI is InChI=1S/C35H34N2O6Si/c1-22-32(44(2,3)41)31(19-20-38)43-35(22)26-21-24(17-18-27(26)37(34(35)40)23-11-5-4-6-12-23)36-28-14-8-10-16-30(28)42-29-15-9-7-13-25(29)33(36)39/h4-18,21-22,31-32,38,41H,19-20H2,1-3H3/t22-,31+,32-,35+/m0/s1. The first-order chi connectivity index (χ1) is 21.2. The quantitative estimate of drug-likeness (QED) is 0.248. The molecule has 7 rings (SSSR count). The minimum Gasteiger partial charge on any atom is -0.454 e. The zero-order valence-electron chi connectivity index (χ0n) is 24.8. The molecule has 1 saturated heterocycles. The molecule has 3 heterocycles. The molecule has 1 spiro atoms. The molecule has 3 aliphatic heterocycles. The van der Waals surface area contributed by atoms with Gasteiger partial charge in [0.2, 0.25) is 0 Å². The molecule has 2 amide bonds. The Labute approximate surface area is 257 Å². The molecule has 0 aliphatic carbocycles. The molecule has 2 N–H and O–H groups in total. The fourth-order valence-corrected chi connectivity index (χ4v) is 10.0. The van der Waals surface area contributed by atoms with Gasteiger partial charge in [-0.2, -0.15) is 0 Å². The molecule has 44 heavy (non-hydrogen) atoms. The Morgan fingerprint density at radius 3 is 2.23 bits per heavy atom. The Hall–Kier alpha value is -4.28. The van der Waals surface area contributed by atoms with Crippen LogP contribution in [0.25, 0.3) is 0 Å². The number of ether oxygens (including phenoxy) is 2. The molecule has 4 aromatic carbocycles. The third-order valence-electron chi connectivity index (χ3n) is 9.21. The Bertz CT molecular complexity index is 1770. The van der Waals surface area contributed by atoms with Crippen LogP contribution >= 0.6 is 0 Å². The van der Waals surface area contributed by atoms with Crippen molar-refractivity contribution >= 4 is 42.9 Å². The first-order valence-corrected chi connectivity index (χ1v) is 17.9. The summed E-state index contributed by atoms with van der Waals surface area (Å²) in [6.45, 7) is 5.55. The van der Waals surface area contributed by atoms with Gasteiger partial charge in [0.15, 0.2) is 19.7 Å². The lowest BCUT2D eigenvalue weighted by molar-refractivity contribution is -0.145. The summed E-state index contributed by atoms with van der Waals surface area (Å²) in [4.78, 5) is 43.7. The van der Waals surface area contributed by atoms with Crippen molar-refractivity contribution in [2.75, 3.05) is 16.4 Å². The third-order valence-corrected chi connectivity index (χ3v) is 11.7. The SMILES string of the molecule is C[C@H]1[C@H]([Si](C)(C)O)[C@@H](CCO)O[C@]12C(=O)N(c1ccccc1)c1ccc(N3C(=O)c4ccccc4Oc4ccccc43)cc12. The third kappa shape index (κ3) is 4.15. The minimum atomic E-state index is -2.87. The van der Waals surface area contributed by atoms with Gasteiger partial charge in [0.1, 0.15) is 5.75 Å². The number of aliphatic hydroxyl groups is 1. The van der Waals surface area contributed by atoms with Gasteiger partial charge >= 0.3 is 0 Å². The summed E-state index contributed by atoms with van der Waals surface area (Å²) in [6, 6.07) is 29.5. The van der Waals surface area contributed by atoms with Crippen LogP contribution in [-0.2, 0) is 15.1 Å². The van der Waals surface area contributed by atoms with E-state index in [2.05, 4.69) is 0 Å². The van der Waals surface area contributed by atoms with E-state index in [-0.39, 0.29) is 24.0 Å². The number of nitrogens with zero attached hydrogens (tertiary/aromatic N) is 2. The van der Waals surface area contributed by atoms with Gasteiger partial charge in [-0.25, -0.2) is 0 Å². The maximum absolute atomic E-state index is 14.8. The van der Waals surface area contributed by atoms with Crippen LogP contribution in [0.4, 0.5) is 22.7 Å². The number of hydrogen-bond donors (Lipinski definition) is 2. The predicted molar refractivity (Wildman–Crippen MR) is 170 cm³/mol. The van der Waals surface area contributed by atoms with E-state index in [1.165, 1.54) is 0 Å². The number of carbonyl (C=O) groups is 2. The highest BCUT2D eigenvalue weighted by Gasteiger charge is 2.66. The fourth-order valence-electron chi connectivity index (χ4n) is 7.43. The fraction of sp³-hybridized carbons (Fsp3) is 0.257. The lowest BCUT2D eigenvalue weighted by atomic mass is 9.82. The molecule has 0 bridgehead atoms. The molecule has 9 heteroatoms. The van der Waals surface area contributed by atoms with Crippen molar-refractivity contribution in [3.63, 3.8) is 0 Å². The van der Waals surface area contributed by atoms with Crippen molar-refractivity contribution < 1.29 is 29.0 Å². The van der Waals surface area contributed by atoms with Gasteiger partial charge in [-0.05, 0) is 74.1 Å². The molecule has 1 fully saturated rings. The minimum absolute atomic E-state index is 0.129. The highest BCUT2D eigenvalue weighted by molar-refractivity contribution is 6.71. The Kier molecular flexibility index (Phi) is 6.74. The van der Waals surface area contributed by atoms with Crippen molar-refractivity contribution in [3.8, 4) is 11.5 Å². The summed E-state index contributed by atoms with van der Waals surface area (Å²) < 4.78 is 13.0. The van der Waals surface area contributed by atoms with E-state index in [1.54, 1.807) is 28.0 Å². The van der Waals surface area contributed by atoms with Gasteiger partial charge in [-0.3, -0.25) is 19.4 Å². The molecular formula is C35H34N2O6Si. The highest BCUT2D eigenvalue weighted by atomic mass is 28.4. The lowest BCUT2D eigenvalue weighted by Crippen LogP contribution is -2.45. The van der Waals surface area contributed by atoms with Gasteiger partial charge in [0, 0.05) is 35.0 Å². The average Bonchev–Trinajstić information content (AvgIpc) is 3.39. The van der Waals surface area contributed by atoms with Gasteiger partial charge in [0.05, 0.1) is 23.0 Å². The van der Waals surface area contributed by atoms with Gasteiger partial charge in [0.25, 0.3) is 11.8 Å². The zero-order chi connectivity index (χ0) is 30.8. The summed E-state index contributed by atoms with van der Waals surface area (Å²) >= 11 is 0. The van der Waals surface area contributed by atoms with E-state index in [9.17, 15) is 19.5 Å².